The summed E-state index contributed by atoms with van der Waals surface area (Å²) in [6.45, 7) is 0.427. The molecule has 0 saturated heterocycles. The summed E-state index contributed by atoms with van der Waals surface area (Å²) in [5.41, 5.74) is 6.20. The van der Waals surface area contributed by atoms with Crippen LogP contribution in [0.5, 0.6) is 0 Å². The molecule has 0 heterocycles. The number of nitrogens with two attached hydrogens (primary N) is 1. The first-order valence-corrected chi connectivity index (χ1v) is 4.82. The monoisotopic (exact) mass is 221 g/mol. The van der Waals surface area contributed by atoms with Gasteiger partial charge in [-0.05, 0) is 17.7 Å². The van der Waals surface area contributed by atoms with E-state index in [9.17, 15) is 9.18 Å². The molecule has 1 aromatic carbocycles. The van der Waals surface area contributed by atoms with Crippen LogP contribution in [0.15, 0.2) is 18.2 Å². The number of carboxylic acids is 1. The highest BCUT2D eigenvalue weighted by Crippen LogP contribution is 2.11. The fourth-order valence-electron chi connectivity index (χ4n) is 1.21. The van der Waals surface area contributed by atoms with Gasteiger partial charge in [-0.25, -0.2) is 4.39 Å². The molecule has 0 radical (unpaired) electrons. The fourth-order valence-corrected chi connectivity index (χ4v) is 1.21. The van der Waals surface area contributed by atoms with Crippen LogP contribution >= 0.6 is 0 Å². The summed E-state index contributed by atoms with van der Waals surface area (Å²) in [7, 11) is 0. The van der Waals surface area contributed by atoms with E-state index < -0.39 is 11.8 Å². The van der Waals surface area contributed by atoms with Gasteiger partial charge >= 0.3 is 5.97 Å². The Morgan fingerprint density at radius 1 is 1.50 bits per heavy atom. The van der Waals surface area contributed by atoms with Crippen molar-refractivity contribution >= 4 is 5.97 Å². The van der Waals surface area contributed by atoms with Gasteiger partial charge < -0.3 is 10.8 Å². The summed E-state index contributed by atoms with van der Waals surface area (Å²) < 4.78 is 13.0. The lowest BCUT2D eigenvalue weighted by atomic mass is 10.0. The van der Waals surface area contributed by atoms with Crippen LogP contribution in [-0.4, -0.2) is 17.6 Å². The Morgan fingerprint density at radius 2 is 2.25 bits per heavy atom. The molecule has 1 aromatic rings. The number of rotatable bonds is 3. The van der Waals surface area contributed by atoms with E-state index in [1.807, 2.05) is 0 Å². The van der Waals surface area contributed by atoms with Crippen LogP contribution in [0, 0.1) is 17.7 Å². The van der Waals surface area contributed by atoms with Crippen LogP contribution in [0.4, 0.5) is 4.39 Å². The summed E-state index contributed by atoms with van der Waals surface area (Å²) in [6.07, 6.45) is 0.343. The average Bonchev–Trinajstić information content (AvgIpc) is 2.22. The van der Waals surface area contributed by atoms with Crippen molar-refractivity contribution in [2.24, 2.45) is 5.73 Å². The Morgan fingerprint density at radius 3 is 2.88 bits per heavy atom. The van der Waals surface area contributed by atoms with Crippen molar-refractivity contribution in [3.63, 3.8) is 0 Å². The molecule has 0 unspecified atom stereocenters. The molecule has 3 N–H and O–H groups in total. The molecule has 0 bridgehead atoms. The van der Waals surface area contributed by atoms with Gasteiger partial charge in [0.15, 0.2) is 0 Å². The SMILES string of the molecule is NCCC#Cc1cc(F)ccc1CC(=O)O. The Bertz CT molecular complexity index is 446. The molecule has 0 aliphatic rings. The van der Waals surface area contributed by atoms with Gasteiger partial charge in [-0.15, -0.1) is 0 Å². The third kappa shape index (κ3) is 3.71. The van der Waals surface area contributed by atoms with Crippen molar-refractivity contribution in [2.75, 3.05) is 6.54 Å². The summed E-state index contributed by atoms with van der Waals surface area (Å²) in [5, 5.41) is 8.67. The summed E-state index contributed by atoms with van der Waals surface area (Å²) in [4.78, 5) is 10.6. The van der Waals surface area contributed by atoms with Gasteiger partial charge in [-0.2, -0.15) is 0 Å². The van der Waals surface area contributed by atoms with E-state index in [1.165, 1.54) is 18.2 Å². The zero-order valence-corrected chi connectivity index (χ0v) is 8.66. The first-order chi connectivity index (χ1) is 7.63. The molecule has 1 rings (SSSR count). The van der Waals surface area contributed by atoms with Gasteiger partial charge in [0.2, 0.25) is 0 Å². The maximum Gasteiger partial charge on any atom is 0.307 e. The first kappa shape index (κ1) is 12.2. The van der Waals surface area contributed by atoms with Gasteiger partial charge in [0, 0.05) is 18.5 Å². The topological polar surface area (TPSA) is 63.3 Å². The number of carbonyl (C=O) groups is 1. The third-order valence-electron chi connectivity index (χ3n) is 1.91. The normalized spacial score (nSPS) is 9.38. The molecule has 4 heteroatoms. The lowest BCUT2D eigenvalue weighted by Gasteiger charge is -2.01. The minimum atomic E-state index is -0.964. The van der Waals surface area contributed by atoms with E-state index in [4.69, 9.17) is 10.8 Å². The Labute approximate surface area is 93.1 Å². The minimum Gasteiger partial charge on any atom is -0.481 e. The average molecular weight is 221 g/mol. The molecular weight excluding hydrogens is 209 g/mol. The molecule has 0 spiro atoms. The zero-order valence-electron chi connectivity index (χ0n) is 8.66. The number of benzene rings is 1. The second kappa shape index (κ2) is 5.89. The van der Waals surface area contributed by atoms with E-state index >= 15 is 0 Å². The zero-order chi connectivity index (χ0) is 12.0. The van der Waals surface area contributed by atoms with E-state index in [-0.39, 0.29) is 6.42 Å². The third-order valence-corrected chi connectivity index (χ3v) is 1.91. The highest BCUT2D eigenvalue weighted by Gasteiger charge is 2.06. The predicted octanol–water partition coefficient (Wildman–Crippen LogP) is 1.15. The van der Waals surface area contributed by atoms with Crippen molar-refractivity contribution in [1.82, 2.24) is 0 Å². The van der Waals surface area contributed by atoms with Gasteiger partial charge in [0.1, 0.15) is 5.82 Å². The van der Waals surface area contributed by atoms with Crippen molar-refractivity contribution < 1.29 is 14.3 Å². The number of halogens is 1. The number of aliphatic carboxylic acids is 1. The van der Waals surface area contributed by atoms with Crippen molar-refractivity contribution in [2.45, 2.75) is 12.8 Å². The molecule has 0 saturated carbocycles. The number of hydrogen-bond donors (Lipinski definition) is 2. The maximum atomic E-state index is 13.0. The Kier molecular flexibility index (Phi) is 4.49. The predicted molar refractivity (Wildman–Crippen MR) is 58.3 cm³/mol. The number of carboxylic acid groups (broad SMARTS) is 1. The van der Waals surface area contributed by atoms with Gasteiger partial charge in [-0.3, -0.25) is 4.79 Å². The molecule has 84 valence electrons. The van der Waals surface area contributed by atoms with Crippen LogP contribution < -0.4 is 5.73 Å². The van der Waals surface area contributed by atoms with Crippen molar-refractivity contribution in [1.29, 1.82) is 0 Å². The van der Waals surface area contributed by atoms with E-state index in [0.29, 0.717) is 24.1 Å². The Hall–Kier alpha value is -1.86. The van der Waals surface area contributed by atoms with Crippen LogP contribution in [0.25, 0.3) is 0 Å². The van der Waals surface area contributed by atoms with Crippen molar-refractivity contribution in [3.8, 4) is 11.8 Å². The lowest BCUT2D eigenvalue weighted by molar-refractivity contribution is -0.136. The summed E-state index contributed by atoms with van der Waals surface area (Å²) in [6, 6.07) is 3.91. The Balaban J connectivity index is 2.99. The van der Waals surface area contributed by atoms with Crippen LogP contribution in [0.3, 0.4) is 0 Å². The summed E-state index contributed by atoms with van der Waals surface area (Å²) >= 11 is 0. The van der Waals surface area contributed by atoms with Crippen LogP contribution in [0.2, 0.25) is 0 Å². The molecule has 0 amide bonds. The molecule has 16 heavy (non-hydrogen) atoms. The van der Waals surface area contributed by atoms with Crippen LogP contribution in [0.1, 0.15) is 17.5 Å². The second-order valence-electron chi connectivity index (χ2n) is 3.21. The molecule has 0 aromatic heterocycles. The standard InChI is InChI=1S/C12H12FNO2/c13-11-5-4-10(8-12(15)16)9(7-11)3-1-2-6-14/h4-5,7H,2,6,8,14H2,(H,15,16). The molecular formula is C12H12FNO2. The quantitative estimate of drug-likeness (QED) is 0.753. The lowest BCUT2D eigenvalue weighted by Crippen LogP contribution is -2.02. The van der Waals surface area contributed by atoms with Gasteiger partial charge in [-0.1, -0.05) is 17.9 Å². The smallest absolute Gasteiger partial charge is 0.307 e. The molecule has 0 atom stereocenters. The van der Waals surface area contributed by atoms with E-state index in [2.05, 4.69) is 11.8 Å². The van der Waals surface area contributed by atoms with Gasteiger partial charge in [0.25, 0.3) is 0 Å². The van der Waals surface area contributed by atoms with E-state index in [0.717, 1.165) is 0 Å². The molecule has 0 aliphatic carbocycles. The second-order valence-corrected chi connectivity index (χ2v) is 3.21. The van der Waals surface area contributed by atoms with Crippen molar-refractivity contribution in [3.05, 3.63) is 35.1 Å². The fraction of sp³-hybridized carbons (Fsp3) is 0.250. The highest BCUT2D eigenvalue weighted by atomic mass is 19.1. The molecule has 0 aliphatic heterocycles. The summed E-state index contributed by atoms with van der Waals surface area (Å²) in [5.74, 6) is 4.10. The molecule has 3 nitrogen and oxygen atoms in total. The largest absolute Gasteiger partial charge is 0.481 e. The van der Waals surface area contributed by atoms with Gasteiger partial charge in [0.05, 0.1) is 6.42 Å². The minimum absolute atomic E-state index is 0.160. The first-order valence-electron chi connectivity index (χ1n) is 4.82. The maximum absolute atomic E-state index is 13.0. The molecule has 0 fully saturated rings. The van der Waals surface area contributed by atoms with E-state index in [1.54, 1.807) is 0 Å². The van der Waals surface area contributed by atoms with Crippen LogP contribution in [-0.2, 0) is 11.2 Å². The number of hydrogen-bond acceptors (Lipinski definition) is 2. The highest BCUT2D eigenvalue weighted by molar-refractivity contribution is 5.71.